The van der Waals surface area contributed by atoms with Crippen LogP contribution in [0.1, 0.15) is 19.4 Å². The molecule has 0 bridgehead atoms. The number of carbonyl (C=O) groups excluding carboxylic acids is 1. The lowest BCUT2D eigenvalue weighted by Crippen LogP contribution is -2.13. The van der Waals surface area contributed by atoms with Crippen molar-refractivity contribution >= 4 is 16.9 Å². The Balaban J connectivity index is 2.27. The van der Waals surface area contributed by atoms with Gasteiger partial charge >= 0.3 is 5.97 Å². The maximum Gasteiger partial charge on any atom is 0.310 e. The largest absolute Gasteiger partial charge is 0.463 e. The quantitative estimate of drug-likeness (QED) is 0.760. The lowest BCUT2D eigenvalue weighted by Gasteiger charge is -2.06. The fraction of sp³-hybridized carbons (Fsp3) is 0.357. The number of rotatable bonds is 3. The Morgan fingerprint density at radius 2 is 2.06 bits per heavy atom. The Bertz CT molecular complexity index is 540. The Kier molecular flexibility index (Phi) is 3.18. The van der Waals surface area contributed by atoms with E-state index in [2.05, 4.69) is 0 Å². The molecule has 1 heterocycles. The molecule has 3 nitrogen and oxygen atoms in total. The van der Waals surface area contributed by atoms with Gasteiger partial charge < -0.3 is 9.30 Å². The van der Waals surface area contributed by atoms with Crippen molar-refractivity contribution in [1.82, 2.24) is 4.57 Å². The van der Waals surface area contributed by atoms with E-state index in [0.29, 0.717) is 6.42 Å². The summed E-state index contributed by atoms with van der Waals surface area (Å²) in [5, 5.41) is 1.12. The summed E-state index contributed by atoms with van der Waals surface area (Å²) in [5.74, 6) is -0.170. The number of fused-ring (bicyclic) bond motifs is 1. The summed E-state index contributed by atoms with van der Waals surface area (Å²) in [7, 11) is 1.99. The van der Waals surface area contributed by atoms with E-state index in [1.807, 2.05) is 55.9 Å². The molecule has 1 aromatic carbocycles. The summed E-state index contributed by atoms with van der Waals surface area (Å²) >= 11 is 0. The summed E-state index contributed by atoms with van der Waals surface area (Å²) in [6, 6.07) is 8.07. The van der Waals surface area contributed by atoms with Crippen LogP contribution in [-0.4, -0.2) is 16.6 Å². The van der Waals surface area contributed by atoms with E-state index < -0.39 is 0 Å². The third kappa shape index (κ3) is 2.49. The number of hydrogen-bond acceptors (Lipinski definition) is 2. The monoisotopic (exact) mass is 231 g/mol. The van der Waals surface area contributed by atoms with E-state index in [-0.39, 0.29) is 12.1 Å². The molecule has 0 fully saturated rings. The van der Waals surface area contributed by atoms with Crippen molar-refractivity contribution in [1.29, 1.82) is 0 Å². The minimum atomic E-state index is -0.170. The number of nitrogens with zero attached hydrogens (tertiary/aromatic N) is 1. The molecule has 0 unspecified atom stereocenters. The molecule has 1 aromatic heterocycles. The van der Waals surface area contributed by atoms with Crippen molar-refractivity contribution in [3.63, 3.8) is 0 Å². The van der Waals surface area contributed by atoms with Crippen LogP contribution in [0, 0.1) is 0 Å². The minimum Gasteiger partial charge on any atom is -0.463 e. The second-order valence-corrected chi connectivity index (χ2v) is 4.50. The van der Waals surface area contributed by atoms with Crippen LogP contribution in [0.4, 0.5) is 0 Å². The second kappa shape index (κ2) is 4.62. The molecular formula is C14H17NO2. The first-order valence-electron chi connectivity index (χ1n) is 5.80. The first-order valence-corrected chi connectivity index (χ1v) is 5.80. The van der Waals surface area contributed by atoms with Gasteiger partial charge in [-0.15, -0.1) is 0 Å². The highest BCUT2D eigenvalue weighted by atomic mass is 16.5. The molecule has 17 heavy (non-hydrogen) atoms. The Labute approximate surface area is 101 Å². The fourth-order valence-corrected chi connectivity index (χ4v) is 2.03. The van der Waals surface area contributed by atoms with Gasteiger partial charge in [-0.2, -0.15) is 0 Å². The minimum absolute atomic E-state index is 0.0579. The summed E-state index contributed by atoms with van der Waals surface area (Å²) in [6.07, 6.45) is 2.27. The molecule has 0 N–H and O–H groups in total. The summed E-state index contributed by atoms with van der Waals surface area (Å²) in [4.78, 5) is 11.6. The van der Waals surface area contributed by atoms with Gasteiger partial charge in [0.25, 0.3) is 0 Å². The molecule has 0 radical (unpaired) electrons. The van der Waals surface area contributed by atoms with Crippen molar-refractivity contribution < 1.29 is 9.53 Å². The number of aryl methyl sites for hydroxylation is 1. The van der Waals surface area contributed by atoms with E-state index in [0.717, 1.165) is 16.5 Å². The standard InChI is InChI=1S/C14H17NO2/c1-10(2)17-14(16)8-11-9-15(3)13-7-5-4-6-12(11)13/h4-7,9-10H,8H2,1-3H3. The van der Waals surface area contributed by atoms with Crippen LogP contribution in [0.15, 0.2) is 30.5 Å². The highest BCUT2D eigenvalue weighted by Crippen LogP contribution is 2.20. The number of esters is 1. The fourth-order valence-electron chi connectivity index (χ4n) is 2.03. The Hall–Kier alpha value is -1.77. The van der Waals surface area contributed by atoms with Gasteiger partial charge in [-0.3, -0.25) is 4.79 Å². The zero-order chi connectivity index (χ0) is 12.4. The molecule has 0 atom stereocenters. The van der Waals surface area contributed by atoms with Crippen LogP contribution in [0.3, 0.4) is 0 Å². The van der Waals surface area contributed by atoms with E-state index in [9.17, 15) is 4.79 Å². The van der Waals surface area contributed by atoms with Crippen LogP contribution in [-0.2, 0) is 23.0 Å². The molecule has 3 heteroatoms. The lowest BCUT2D eigenvalue weighted by molar-refractivity contribution is -0.146. The Morgan fingerprint density at radius 3 is 2.76 bits per heavy atom. The van der Waals surface area contributed by atoms with Gasteiger partial charge in [0.2, 0.25) is 0 Å². The van der Waals surface area contributed by atoms with Gasteiger partial charge in [0.15, 0.2) is 0 Å². The maximum atomic E-state index is 11.6. The van der Waals surface area contributed by atoms with E-state index >= 15 is 0 Å². The highest BCUT2D eigenvalue weighted by Gasteiger charge is 2.12. The number of carbonyl (C=O) groups is 1. The number of hydrogen-bond donors (Lipinski definition) is 0. The van der Waals surface area contributed by atoms with E-state index in [1.165, 1.54) is 0 Å². The van der Waals surface area contributed by atoms with Crippen molar-refractivity contribution in [2.75, 3.05) is 0 Å². The number of ether oxygens (including phenoxy) is 1. The van der Waals surface area contributed by atoms with E-state index in [1.54, 1.807) is 0 Å². The van der Waals surface area contributed by atoms with Gasteiger partial charge in [-0.25, -0.2) is 0 Å². The maximum absolute atomic E-state index is 11.6. The first-order chi connectivity index (χ1) is 8.08. The van der Waals surface area contributed by atoms with E-state index in [4.69, 9.17) is 4.74 Å². The number of benzene rings is 1. The lowest BCUT2D eigenvalue weighted by atomic mass is 10.1. The summed E-state index contributed by atoms with van der Waals surface area (Å²) in [5.41, 5.74) is 2.16. The molecule has 2 aromatic rings. The van der Waals surface area contributed by atoms with Gasteiger partial charge in [-0.05, 0) is 25.5 Å². The van der Waals surface area contributed by atoms with Crippen molar-refractivity contribution in [2.45, 2.75) is 26.4 Å². The van der Waals surface area contributed by atoms with Crippen molar-refractivity contribution in [2.24, 2.45) is 7.05 Å². The predicted molar refractivity (Wildman–Crippen MR) is 67.9 cm³/mol. The second-order valence-electron chi connectivity index (χ2n) is 4.50. The van der Waals surface area contributed by atoms with Crippen LogP contribution >= 0.6 is 0 Å². The normalized spacial score (nSPS) is 11.1. The van der Waals surface area contributed by atoms with Crippen molar-refractivity contribution in [3.05, 3.63) is 36.0 Å². The average Bonchev–Trinajstić information content (AvgIpc) is 2.55. The molecule has 0 amide bonds. The van der Waals surface area contributed by atoms with Crippen LogP contribution in [0.5, 0.6) is 0 Å². The highest BCUT2D eigenvalue weighted by molar-refractivity contribution is 5.87. The molecule has 2 rings (SSSR count). The molecule has 0 aliphatic rings. The number of aromatic nitrogens is 1. The van der Waals surface area contributed by atoms with Gasteiger partial charge in [0, 0.05) is 24.1 Å². The number of para-hydroxylation sites is 1. The smallest absolute Gasteiger partial charge is 0.310 e. The molecule has 0 saturated heterocycles. The molecule has 0 saturated carbocycles. The van der Waals surface area contributed by atoms with Crippen LogP contribution in [0.2, 0.25) is 0 Å². The molecule has 0 spiro atoms. The van der Waals surface area contributed by atoms with Crippen molar-refractivity contribution in [3.8, 4) is 0 Å². The summed E-state index contributed by atoms with van der Waals surface area (Å²) < 4.78 is 7.20. The third-order valence-electron chi connectivity index (χ3n) is 2.68. The van der Waals surface area contributed by atoms with Gasteiger partial charge in [0.05, 0.1) is 12.5 Å². The third-order valence-corrected chi connectivity index (χ3v) is 2.68. The molecular weight excluding hydrogens is 214 g/mol. The predicted octanol–water partition coefficient (Wildman–Crippen LogP) is 2.67. The topological polar surface area (TPSA) is 31.2 Å². The van der Waals surface area contributed by atoms with Crippen LogP contribution < -0.4 is 0 Å². The van der Waals surface area contributed by atoms with Gasteiger partial charge in [-0.1, -0.05) is 18.2 Å². The summed E-state index contributed by atoms with van der Waals surface area (Å²) in [6.45, 7) is 3.72. The zero-order valence-corrected chi connectivity index (χ0v) is 10.4. The average molecular weight is 231 g/mol. The first kappa shape index (κ1) is 11.7. The molecule has 90 valence electrons. The SMILES string of the molecule is CC(C)OC(=O)Cc1cn(C)c2ccccc12. The van der Waals surface area contributed by atoms with Gasteiger partial charge in [0.1, 0.15) is 0 Å². The zero-order valence-electron chi connectivity index (χ0n) is 10.4. The molecule has 0 aliphatic carbocycles. The Morgan fingerprint density at radius 1 is 1.35 bits per heavy atom. The molecule has 0 aliphatic heterocycles. The van der Waals surface area contributed by atoms with Crippen LogP contribution in [0.25, 0.3) is 10.9 Å².